The van der Waals surface area contributed by atoms with Gasteiger partial charge in [-0.3, -0.25) is 4.57 Å². The topological polar surface area (TPSA) is 67.4 Å². The quantitative estimate of drug-likeness (QED) is 0.719. The van der Waals surface area contributed by atoms with Crippen LogP contribution >= 0.6 is 0 Å². The van der Waals surface area contributed by atoms with E-state index in [0.717, 1.165) is 17.1 Å². The summed E-state index contributed by atoms with van der Waals surface area (Å²) in [5.74, 6) is 1.33. The van der Waals surface area contributed by atoms with E-state index in [1.54, 1.807) is 17.0 Å². The first-order valence-electron chi connectivity index (χ1n) is 4.89. The van der Waals surface area contributed by atoms with E-state index in [1.807, 2.05) is 20.8 Å². The minimum Gasteiger partial charge on any atom is -0.286 e. The van der Waals surface area contributed by atoms with Gasteiger partial charge in [-0.1, -0.05) is 0 Å². The predicted octanol–water partition coefficient (Wildman–Crippen LogP) is 1.46. The summed E-state index contributed by atoms with van der Waals surface area (Å²) in [7, 11) is 0. The highest BCUT2D eigenvalue weighted by molar-refractivity contribution is 5.49. The first kappa shape index (κ1) is 10.3. The van der Waals surface area contributed by atoms with Crippen molar-refractivity contribution in [2.75, 3.05) is 0 Å². The Morgan fingerprint density at radius 3 is 2.56 bits per heavy atom. The van der Waals surface area contributed by atoms with E-state index in [0.29, 0.717) is 11.4 Å². The molecule has 0 atom stereocenters. The van der Waals surface area contributed by atoms with E-state index >= 15 is 0 Å². The van der Waals surface area contributed by atoms with Crippen molar-refractivity contribution in [3.05, 3.63) is 35.0 Å². The minimum absolute atomic E-state index is 0.542. The lowest BCUT2D eigenvalue weighted by Crippen LogP contribution is -2.07. The van der Waals surface area contributed by atoms with E-state index in [9.17, 15) is 0 Å². The van der Waals surface area contributed by atoms with E-state index in [-0.39, 0.29) is 0 Å². The monoisotopic (exact) mass is 213 g/mol. The summed E-state index contributed by atoms with van der Waals surface area (Å²) < 4.78 is 1.76. The van der Waals surface area contributed by atoms with Crippen molar-refractivity contribution in [3.63, 3.8) is 0 Å². The molecule has 2 aromatic rings. The molecule has 80 valence electrons. The number of hydrogen-bond donors (Lipinski definition) is 0. The molecule has 2 rings (SSSR count). The Balaban J connectivity index is 2.73. The van der Waals surface area contributed by atoms with Crippen LogP contribution in [0.5, 0.6) is 0 Å². The second kappa shape index (κ2) is 3.74. The van der Waals surface area contributed by atoms with Crippen LogP contribution in [0.25, 0.3) is 5.82 Å². The molecule has 16 heavy (non-hydrogen) atoms. The lowest BCUT2D eigenvalue weighted by atomic mass is 10.1. The summed E-state index contributed by atoms with van der Waals surface area (Å²) in [5.41, 5.74) is 2.19. The van der Waals surface area contributed by atoms with Gasteiger partial charge in [-0.25, -0.2) is 4.98 Å². The smallest absolute Gasteiger partial charge is 0.179 e. The summed E-state index contributed by atoms with van der Waals surface area (Å²) in [6.45, 7) is 5.57. The zero-order chi connectivity index (χ0) is 11.7. The molecule has 0 aliphatic carbocycles. The fourth-order valence-corrected chi connectivity index (χ4v) is 1.50. The van der Waals surface area contributed by atoms with Gasteiger partial charge in [0.2, 0.25) is 0 Å². The van der Waals surface area contributed by atoms with Crippen LogP contribution < -0.4 is 0 Å². The number of hydrogen-bond acceptors (Lipinski definition) is 4. The van der Waals surface area contributed by atoms with Crippen molar-refractivity contribution in [3.8, 4) is 11.9 Å². The summed E-state index contributed by atoms with van der Waals surface area (Å²) >= 11 is 0. The van der Waals surface area contributed by atoms with Crippen LogP contribution in [0, 0.1) is 32.1 Å². The van der Waals surface area contributed by atoms with Crippen LogP contribution in [0.3, 0.4) is 0 Å². The van der Waals surface area contributed by atoms with Gasteiger partial charge in [0.05, 0.1) is 5.69 Å². The van der Waals surface area contributed by atoms with Crippen LogP contribution in [0.4, 0.5) is 0 Å². The molecule has 0 spiro atoms. The van der Waals surface area contributed by atoms with Crippen molar-refractivity contribution in [2.45, 2.75) is 20.8 Å². The molecule has 0 amide bonds. The Bertz CT molecular complexity index is 577. The van der Waals surface area contributed by atoms with Gasteiger partial charge in [0.15, 0.2) is 5.82 Å². The highest BCUT2D eigenvalue weighted by Gasteiger charge is 2.13. The van der Waals surface area contributed by atoms with Crippen LogP contribution in [-0.2, 0) is 0 Å². The number of aryl methyl sites for hydroxylation is 2. The van der Waals surface area contributed by atoms with Gasteiger partial charge in [0.25, 0.3) is 0 Å². The van der Waals surface area contributed by atoms with Gasteiger partial charge < -0.3 is 0 Å². The van der Waals surface area contributed by atoms with Crippen molar-refractivity contribution in [2.24, 2.45) is 0 Å². The molecule has 0 aliphatic heterocycles. The van der Waals surface area contributed by atoms with E-state index < -0.39 is 0 Å². The van der Waals surface area contributed by atoms with E-state index in [2.05, 4.69) is 21.3 Å². The Labute approximate surface area is 93.4 Å². The average molecular weight is 213 g/mol. The third kappa shape index (κ3) is 1.44. The molecule has 0 saturated carbocycles. The van der Waals surface area contributed by atoms with Gasteiger partial charge in [0, 0.05) is 12.4 Å². The molecule has 0 aromatic carbocycles. The molecule has 0 saturated heterocycles. The summed E-state index contributed by atoms with van der Waals surface area (Å²) in [6.07, 6.45) is 3.45. The number of imidazole rings is 1. The fraction of sp³-hybridized carbons (Fsp3) is 0.273. The lowest BCUT2D eigenvalue weighted by Gasteiger charge is -2.08. The Hall–Kier alpha value is -2.22. The standard InChI is InChI=1S/C11H11N5/c1-7-8(2)14-15-11(10(7)6-12)16-5-4-13-9(16)3/h4-5H,1-3H3. The van der Waals surface area contributed by atoms with Gasteiger partial charge in [-0.15, -0.1) is 5.10 Å². The normalized spacial score (nSPS) is 10.1. The van der Waals surface area contributed by atoms with Crippen molar-refractivity contribution in [1.82, 2.24) is 19.7 Å². The molecule has 0 fully saturated rings. The Morgan fingerprint density at radius 2 is 2.00 bits per heavy atom. The van der Waals surface area contributed by atoms with Crippen LogP contribution in [-0.4, -0.2) is 19.7 Å². The van der Waals surface area contributed by atoms with Gasteiger partial charge in [-0.05, 0) is 26.3 Å². The molecule has 0 N–H and O–H groups in total. The average Bonchev–Trinajstić information content (AvgIpc) is 2.68. The zero-order valence-electron chi connectivity index (χ0n) is 9.39. The van der Waals surface area contributed by atoms with E-state index in [4.69, 9.17) is 5.26 Å². The molecular formula is C11H11N5. The second-order valence-electron chi connectivity index (χ2n) is 3.57. The molecule has 0 unspecified atom stereocenters. The maximum absolute atomic E-state index is 9.16. The van der Waals surface area contributed by atoms with Crippen LogP contribution in [0.2, 0.25) is 0 Å². The Kier molecular flexibility index (Phi) is 2.41. The largest absolute Gasteiger partial charge is 0.286 e. The summed E-state index contributed by atoms with van der Waals surface area (Å²) in [5, 5.41) is 17.3. The summed E-state index contributed by atoms with van der Waals surface area (Å²) in [4.78, 5) is 4.11. The first-order chi connectivity index (χ1) is 7.65. The number of aromatic nitrogens is 4. The van der Waals surface area contributed by atoms with Crippen LogP contribution in [0.1, 0.15) is 22.6 Å². The highest BCUT2D eigenvalue weighted by Crippen LogP contribution is 2.17. The maximum Gasteiger partial charge on any atom is 0.179 e. The van der Waals surface area contributed by atoms with Crippen LogP contribution in [0.15, 0.2) is 12.4 Å². The predicted molar refractivity (Wildman–Crippen MR) is 58.1 cm³/mol. The van der Waals surface area contributed by atoms with Crippen molar-refractivity contribution < 1.29 is 0 Å². The van der Waals surface area contributed by atoms with Gasteiger partial charge >= 0.3 is 0 Å². The highest BCUT2D eigenvalue weighted by atomic mass is 15.2. The van der Waals surface area contributed by atoms with E-state index in [1.165, 1.54) is 0 Å². The number of nitrogens with zero attached hydrogens (tertiary/aromatic N) is 5. The maximum atomic E-state index is 9.16. The fourth-order valence-electron chi connectivity index (χ4n) is 1.50. The Morgan fingerprint density at radius 1 is 1.25 bits per heavy atom. The van der Waals surface area contributed by atoms with Gasteiger partial charge in [0.1, 0.15) is 17.5 Å². The third-order valence-corrected chi connectivity index (χ3v) is 2.60. The molecule has 5 nitrogen and oxygen atoms in total. The number of nitriles is 1. The SMILES string of the molecule is Cc1nnc(-n2ccnc2C)c(C#N)c1C. The second-order valence-corrected chi connectivity index (χ2v) is 3.57. The molecule has 2 heterocycles. The van der Waals surface area contributed by atoms with Crippen molar-refractivity contribution >= 4 is 0 Å². The lowest BCUT2D eigenvalue weighted by molar-refractivity contribution is 0.850. The van der Waals surface area contributed by atoms with Crippen molar-refractivity contribution in [1.29, 1.82) is 5.26 Å². The summed E-state index contributed by atoms with van der Waals surface area (Å²) in [6, 6.07) is 2.17. The molecular weight excluding hydrogens is 202 g/mol. The molecule has 0 radical (unpaired) electrons. The van der Waals surface area contributed by atoms with Gasteiger partial charge in [-0.2, -0.15) is 10.4 Å². The molecule has 0 bridgehead atoms. The number of rotatable bonds is 1. The zero-order valence-corrected chi connectivity index (χ0v) is 9.39. The first-order valence-corrected chi connectivity index (χ1v) is 4.89. The molecule has 2 aromatic heterocycles. The minimum atomic E-state index is 0.542. The molecule has 5 heteroatoms. The molecule has 0 aliphatic rings. The third-order valence-electron chi connectivity index (χ3n) is 2.60.